The van der Waals surface area contributed by atoms with Crippen LogP contribution >= 0.6 is 0 Å². The summed E-state index contributed by atoms with van der Waals surface area (Å²) in [6.07, 6.45) is 6.54. The van der Waals surface area contributed by atoms with Crippen LogP contribution in [0.25, 0.3) is 0 Å². The molecule has 0 aromatic heterocycles. The molecule has 3 N–H and O–H groups in total. The van der Waals surface area contributed by atoms with Crippen LogP contribution in [0.2, 0.25) is 0 Å². The Hall–Kier alpha value is -0.570. The van der Waals surface area contributed by atoms with Crippen molar-refractivity contribution in [2.24, 2.45) is 5.73 Å². The SMILES string of the molecule is CCCCC(CCC)NCCC(N)=O. The summed E-state index contributed by atoms with van der Waals surface area (Å²) in [5.41, 5.74) is 5.07. The number of carbonyl (C=O) groups excluding carboxylic acids is 1. The third kappa shape index (κ3) is 8.05. The maximum Gasteiger partial charge on any atom is 0.218 e. The van der Waals surface area contributed by atoms with E-state index in [1.807, 2.05) is 0 Å². The number of carbonyl (C=O) groups is 1. The zero-order chi connectivity index (χ0) is 10.8. The highest BCUT2D eigenvalue weighted by molar-refractivity contribution is 5.73. The van der Waals surface area contributed by atoms with Crippen molar-refractivity contribution in [2.75, 3.05) is 6.54 Å². The molecule has 0 saturated heterocycles. The molecule has 84 valence electrons. The van der Waals surface area contributed by atoms with Crippen molar-refractivity contribution in [2.45, 2.75) is 58.4 Å². The summed E-state index contributed by atoms with van der Waals surface area (Å²) in [7, 11) is 0. The first-order valence-corrected chi connectivity index (χ1v) is 5.72. The van der Waals surface area contributed by atoms with E-state index >= 15 is 0 Å². The van der Waals surface area contributed by atoms with Gasteiger partial charge in [-0.05, 0) is 12.8 Å². The normalized spacial score (nSPS) is 12.7. The molecule has 0 saturated carbocycles. The van der Waals surface area contributed by atoms with E-state index in [1.165, 1.54) is 32.1 Å². The second kappa shape index (κ2) is 9.00. The number of hydrogen-bond donors (Lipinski definition) is 2. The summed E-state index contributed by atoms with van der Waals surface area (Å²) in [6.45, 7) is 5.12. The second-order valence-corrected chi connectivity index (χ2v) is 3.80. The van der Waals surface area contributed by atoms with Gasteiger partial charge in [0.2, 0.25) is 5.91 Å². The Morgan fingerprint density at radius 3 is 2.50 bits per heavy atom. The molecule has 0 aromatic carbocycles. The van der Waals surface area contributed by atoms with Gasteiger partial charge in [0.05, 0.1) is 0 Å². The predicted octanol–water partition coefficient (Wildman–Crippen LogP) is 1.81. The fourth-order valence-corrected chi connectivity index (χ4v) is 1.55. The Kier molecular flexibility index (Phi) is 8.64. The highest BCUT2D eigenvalue weighted by atomic mass is 16.1. The molecule has 1 amide bonds. The summed E-state index contributed by atoms with van der Waals surface area (Å²) in [4.78, 5) is 10.5. The molecule has 1 unspecified atom stereocenters. The molecule has 1 atom stereocenters. The first-order valence-electron chi connectivity index (χ1n) is 5.72. The van der Waals surface area contributed by atoms with Crippen LogP contribution in [-0.4, -0.2) is 18.5 Å². The molecule has 3 heteroatoms. The minimum Gasteiger partial charge on any atom is -0.370 e. The quantitative estimate of drug-likeness (QED) is 0.596. The van der Waals surface area contributed by atoms with Gasteiger partial charge in [0, 0.05) is 19.0 Å². The first kappa shape index (κ1) is 13.4. The van der Waals surface area contributed by atoms with Gasteiger partial charge in [0.1, 0.15) is 0 Å². The van der Waals surface area contributed by atoms with Crippen molar-refractivity contribution < 1.29 is 4.79 Å². The predicted molar refractivity (Wildman–Crippen MR) is 60.0 cm³/mol. The lowest BCUT2D eigenvalue weighted by molar-refractivity contribution is -0.117. The highest BCUT2D eigenvalue weighted by Crippen LogP contribution is 2.06. The van der Waals surface area contributed by atoms with Gasteiger partial charge in [-0.2, -0.15) is 0 Å². The molecule has 0 aliphatic heterocycles. The van der Waals surface area contributed by atoms with Crippen LogP contribution < -0.4 is 11.1 Å². The largest absolute Gasteiger partial charge is 0.370 e. The summed E-state index contributed by atoms with van der Waals surface area (Å²) in [6, 6.07) is 0.569. The van der Waals surface area contributed by atoms with E-state index in [0.717, 1.165) is 6.54 Å². The molecular weight excluding hydrogens is 176 g/mol. The Balaban J connectivity index is 3.55. The van der Waals surface area contributed by atoms with Crippen molar-refractivity contribution in [3.8, 4) is 0 Å². The maximum absolute atomic E-state index is 10.5. The number of primary amides is 1. The van der Waals surface area contributed by atoms with Crippen LogP contribution in [0.4, 0.5) is 0 Å². The van der Waals surface area contributed by atoms with E-state index in [0.29, 0.717) is 12.5 Å². The van der Waals surface area contributed by atoms with Crippen LogP contribution in [0.1, 0.15) is 52.4 Å². The summed E-state index contributed by atoms with van der Waals surface area (Å²) in [5, 5.41) is 3.39. The molecule has 0 aliphatic carbocycles. The Morgan fingerprint density at radius 1 is 1.29 bits per heavy atom. The average molecular weight is 200 g/mol. The minimum absolute atomic E-state index is 0.219. The van der Waals surface area contributed by atoms with Gasteiger partial charge in [-0.25, -0.2) is 0 Å². The van der Waals surface area contributed by atoms with Crippen LogP contribution in [0.5, 0.6) is 0 Å². The molecule has 0 aliphatic rings. The molecule has 0 radical (unpaired) electrons. The number of nitrogens with two attached hydrogens (primary N) is 1. The van der Waals surface area contributed by atoms with Crippen molar-refractivity contribution in [3.05, 3.63) is 0 Å². The zero-order valence-electron chi connectivity index (χ0n) is 9.51. The van der Waals surface area contributed by atoms with Crippen LogP contribution in [-0.2, 0) is 4.79 Å². The van der Waals surface area contributed by atoms with Gasteiger partial charge >= 0.3 is 0 Å². The molecule has 0 heterocycles. The van der Waals surface area contributed by atoms with Crippen molar-refractivity contribution >= 4 is 5.91 Å². The molecule has 0 fully saturated rings. The lowest BCUT2D eigenvalue weighted by Gasteiger charge is -2.17. The zero-order valence-corrected chi connectivity index (χ0v) is 9.51. The number of amides is 1. The third-order valence-electron chi connectivity index (χ3n) is 2.35. The Bertz CT molecular complexity index is 148. The standard InChI is InChI=1S/C11H24N2O/c1-3-5-7-10(6-4-2)13-9-8-11(12)14/h10,13H,3-9H2,1-2H3,(H2,12,14). The molecule has 0 spiro atoms. The van der Waals surface area contributed by atoms with Crippen LogP contribution in [0.3, 0.4) is 0 Å². The second-order valence-electron chi connectivity index (χ2n) is 3.80. The lowest BCUT2D eigenvalue weighted by Crippen LogP contribution is -2.32. The van der Waals surface area contributed by atoms with Gasteiger partial charge < -0.3 is 11.1 Å². The summed E-state index contributed by atoms with van der Waals surface area (Å²) in [5.74, 6) is -0.219. The smallest absolute Gasteiger partial charge is 0.218 e. The highest BCUT2D eigenvalue weighted by Gasteiger charge is 2.06. The van der Waals surface area contributed by atoms with E-state index in [4.69, 9.17) is 5.73 Å². The van der Waals surface area contributed by atoms with Gasteiger partial charge in [0.25, 0.3) is 0 Å². The molecular formula is C11H24N2O. The van der Waals surface area contributed by atoms with E-state index in [9.17, 15) is 4.79 Å². The topological polar surface area (TPSA) is 55.1 Å². The number of rotatable bonds is 9. The number of unbranched alkanes of at least 4 members (excludes halogenated alkanes) is 1. The van der Waals surface area contributed by atoms with Crippen molar-refractivity contribution in [1.29, 1.82) is 0 Å². The Morgan fingerprint density at radius 2 is 2.00 bits per heavy atom. The van der Waals surface area contributed by atoms with Crippen molar-refractivity contribution in [3.63, 3.8) is 0 Å². The van der Waals surface area contributed by atoms with E-state index in [2.05, 4.69) is 19.2 Å². The lowest BCUT2D eigenvalue weighted by atomic mass is 10.1. The minimum atomic E-state index is -0.219. The van der Waals surface area contributed by atoms with Crippen molar-refractivity contribution in [1.82, 2.24) is 5.32 Å². The molecule has 3 nitrogen and oxygen atoms in total. The van der Waals surface area contributed by atoms with Crippen LogP contribution in [0.15, 0.2) is 0 Å². The fourth-order valence-electron chi connectivity index (χ4n) is 1.55. The molecule has 14 heavy (non-hydrogen) atoms. The molecule has 0 rings (SSSR count). The summed E-state index contributed by atoms with van der Waals surface area (Å²) >= 11 is 0. The van der Waals surface area contributed by atoms with Gasteiger partial charge in [-0.1, -0.05) is 33.1 Å². The first-order chi connectivity index (χ1) is 6.70. The monoisotopic (exact) mass is 200 g/mol. The van der Waals surface area contributed by atoms with Gasteiger partial charge in [-0.15, -0.1) is 0 Å². The summed E-state index contributed by atoms with van der Waals surface area (Å²) < 4.78 is 0. The van der Waals surface area contributed by atoms with E-state index in [-0.39, 0.29) is 5.91 Å². The Labute approximate surface area is 87.4 Å². The van der Waals surface area contributed by atoms with Crippen LogP contribution in [0, 0.1) is 0 Å². The average Bonchev–Trinajstić information content (AvgIpc) is 2.13. The number of nitrogens with one attached hydrogen (secondary N) is 1. The molecule has 0 bridgehead atoms. The van der Waals surface area contributed by atoms with E-state index < -0.39 is 0 Å². The number of hydrogen-bond acceptors (Lipinski definition) is 2. The van der Waals surface area contributed by atoms with E-state index in [1.54, 1.807) is 0 Å². The third-order valence-corrected chi connectivity index (χ3v) is 2.35. The fraction of sp³-hybridized carbons (Fsp3) is 0.909. The van der Waals surface area contributed by atoms with Gasteiger partial charge in [-0.3, -0.25) is 4.79 Å². The molecule has 0 aromatic rings. The maximum atomic E-state index is 10.5. The van der Waals surface area contributed by atoms with Gasteiger partial charge in [0.15, 0.2) is 0 Å².